The van der Waals surface area contributed by atoms with Gasteiger partial charge in [0.25, 0.3) is 5.09 Å². The third-order valence-corrected chi connectivity index (χ3v) is 5.83. The van der Waals surface area contributed by atoms with Crippen LogP contribution in [-0.2, 0) is 9.63 Å². The Labute approximate surface area is 199 Å². The summed E-state index contributed by atoms with van der Waals surface area (Å²) >= 11 is 5.98. The number of aliphatic hydroxyl groups is 1. The van der Waals surface area contributed by atoms with Gasteiger partial charge in [-0.3, -0.25) is 4.79 Å². The van der Waals surface area contributed by atoms with Crippen molar-refractivity contribution in [1.29, 1.82) is 0 Å². The lowest BCUT2D eigenvalue weighted by Gasteiger charge is -2.31. The first kappa shape index (κ1) is 26.9. The molecule has 33 heavy (non-hydrogen) atoms. The van der Waals surface area contributed by atoms with Gasteiger partial charge in [-0.25, -0.2) is 0 Å². The third-order valence-electron chi connectivity index (χ3n) is 5.60. The molecule has 1 aliphatic rings. The Hall–Kier alpha value is -2.30. The second-order valence-corrected chi connectivity index (χ2v) is 9.35. The van der Waals surface area contributed by atoms with Crippen molar-refractivity contribution in [1.82, 2.24) is 10.6 Å². The summed E-state index contributed by atoms with van der Waals surface area (Å²) in [5.41, 5.74) is -0.581. The summed E-state index contributed by atoms with van der Waals surface area (Å²) in [5.74, 6) is 0.698. The molecule has 0 aliphatic heterocycles. The predicted octanol–water partition coefficient (Wildman–Crippen LogP) is 2.73. The van der Waals surface area contributed by atoms with E-state index in [-0.39, 0.29) is 31.4 Å². The average Bonchev–Trinajstić information content (AvgIpc) is 2.75. The van der Waals surface area contributed by atoms with E-state index in [1.165, 1.54) is 7.11 Å². The molecular formula is C22H34ClN3O7. The smallest absolute Gasteiger partial charge is 0.294 e. The van der Waals surface area contributed by atoms with Crippen molar-refractivity contribution >= 4 is 17.5 Å². The van der Waals surface area contributed by atoms with Gasteiger partial charge in [-0.15, -0.1) is 10.1 Å². The lowest BCUT2D eigenvalue weighted by molar-refractivity contribution is -0.771. The van der Waals surface area contributed by atoms with Crippen molar-refractivity contribution in [2.45, 2.75) is 63.7 Å². The van der Waals surface area contributed by atoms with Gasteiger partial charge >= 0.3 is 0 Å². The topological polar surface area (TPSA) is 132 Å². The zero-order valence-electron chi connectivity index (χ0n) is 19.3. The van der Waals surface area contributed by atoms with E-state index < -0.39 is 22.8 Å². The third kappa shape index (κ3) is 9.61. The minimum atomic E-state index is -0.821. The predicted molar refractivity (Wildman–Crippen MR) is 123 cm³/mol. The molecule has 1 aromatic rings. The highest BCUT2D eigenvalue weighted by molar-refractivity contribution is 6.30. The van der Waals surface area contributed by atoms with Gasteiger partial charge in [0, 0.05) is 42.1 Å². The molecule has 1 aliphatic carbocycles. The number of ether oxygens (including phenoxy) is 2. The minimum absolute atomic E-state index is 0.0193. The highest BCUT2D eigenvalue weighted by Gasteiger charge is 2.29. The second-order valence-electron chi connectivity index (χ2n) is 8.92. The standard InChI is InChI=1S/C22H34ClN3O7/c1-22(2,11-21(28)24-12-15-6-4-5-7-18(15)33-26(29)30)25-13-17(27)14-32-20-10-16(23)8-9-19(20)31-3/h8-10,15,17-18,25,27H,4-7,11-14H2,1-3H3,(H,24,28)/t15-,17?,18+/m0/s1. The molecule has 0 bridgehead atoms. The van der Waals surface area contributed by atoms with Crippen molar-refractivity contribution in [3.8, 4) is 11.5 Å². The number of amides is 1. The molecule has 0 heterocycles. The van der Waals surface area contributed by atoms with Crippen LogP contribution in [0.3, 0.4) is 0 Å². The lowest BCUT2D eigenvalue weighted by atomic mass is 9.86. The van der Waals surface area contributed by atoms with E-state index in [0.717, 1.165) is 19.3 Å². The van der Waals surface area contributed by atoms with Gasteiger partial charge in [-0.2, -0.15) is 0 Å². The maximum Gasteiger partial charge on any atom is 0.294 e. The molecule has 1 unspecified atom stereocenters. The molecule has 3 N–H and O–H groups in total. The molecule has 10 nitrogen and oxygen atoms in total. The highest BCUT2D eigenvalue weighted by atomic mass is 35.5. The maximum atomic E-state index is 12.4. The van der Waals surface area contributed by atoms with Gasteiger partial charge in [-0.1, -0.05) is 24.4 Å². The molecule has 0 spiro atoms. The first-order valence-corrected chi connectivity index (χ1v) is 11.4. The van der Waals surface area contributed by atoms with Crippen LogP contribution >= 0.6 is 11.6 Å². The van der Waals surface area contributed by atoms with Crippen LogP contribution in [0.2, 0.25) is 5.02 Å². The molecule has 1 saturated carbocycles. The SMILES string of the molecule is COc1ccc(Cl)cc1OCC(O)CNC(C)(C)CC(=O)NC[C@@H]1CCCC[C@H]1O[N+](=O)[O-]. The van der Waals surface area contributed by atoms with E-state index in [2.05, 4.69) is 10.6 Å². The number of methoxy groups -OCH3 is 1. The Morgan fingerprint density at radius 2 is 2.06 bits per heavy atom. The van der Waals surface area contributed by atoms with Crippen molar-refractivity contribution < 1.29 is 29.3 Å². The number of benzene rings is 1. The van der Waals surface area contributed by atoms with Crippen LogP contribution in [0.1, 0.15) is 46.0 Å². The molecular weight excluding hydrogens is 454 g/mol. The summed E-state index contributed by atoms with van der Waals surface area (Å²) in [5, 5.41) is 26.8. The van der Waals surface area contributed by atoms with Gasteiger partial charge in [0.15, 0.2) is 11.5 Å². The Morgan fingerprint density at radius 1 is 1.33 bits per heavy atom. The fourth-order valence-electron chi connectivity index (χ4n) is 3.83. The summed E-state index contributed by atoms with van der Waals surface area (Å²) in [4.78, 5) is 27.9. The number of hydrogen-bond donors (Lipinski definition) is 3. The second kappa shape index (κ2) is 12.8. The number of nitrogens with zero attached hydrogens (tertiary/aromatic N) is 1. The molecule has 186 valence electrons. The number of halogens is 1. The van der Waals surface area contributed by atoms with Crippen LogP contribution in [0, 0.1) is 16.0 Å². The number of carbonyl (C=O) groups is 1. The number of carbonyl (C=O) groups excluding carboxylic acids is 1. The van der Waals surface area contributed by atoms with E-state index in [9.17, 15) is 20.0 Å². The maximum absolute atomic E-state index is 12.4. The zero-order chi connectivity index (χ0) is 24.4. The summed E-state index contributed by atoms with van der Waals surface area (Å²) in [6.07, 6.45) is 2.13. The quantitative estimate of drug-likeness (QED) is 0.286. The fourth-order valence-corrected chi connectivity index (χ4v) is 3.99. The molecule has 2 rings (SSSR count). The summed E-state index contributed by atoms with van der Waals surface area (Å²) < 4.78 is 10.8. The first-order valence-electron chi connectivity index (χ1n) is 11.1. The first-order chi connectivity index (χ1) is 15.6. The molecule has 0 radical (unpaired) electrons. The number of rotatable bonds is 13. The van der Waals surface area contributed by atoms with Crippen molar-refractivity contribution in [3.63, 3.8) is 0 Å². The number of β-amino-alcohol motifs (C(OH)–C–C–N with tert-alkyl or cyclic N) is 1. The van der Waals surface area contributed by atoms with Crippen molar-refractivity contribution in [2.75, 3.05) is 26.8 Å². The minimum Gasteiger partial charge on any atom is -0.493 e. The Morgan fingerprint density at radius 3 is 2.76 bits per heavy atom. The van der Waals surface area contributed by atoms with Crippen molar-refractivity contribution in [3.05, 3.63) is 33.3 Å². The van der Waals surface area contributed by atoms with Crippen LogP contribution in [0.15, 0.2) is 18.2 Å². The van der Waals surface area contributed by atoms with Gasteiger partial charge in [0.1, 0.15) is 18.8 Å². The summed E-state index contributed by atoms with van der Waals surface area (Å²) in [6.45, 7) is 4.29. The normalized spacial score (nSPS) is 19.4. The summed E-state index contributed by atoms with van der Waals surface area (Å²) in [7, 11) is 1.52. The monoisotopic (exact) mass is 487 g/mol. The van der Waals surface area contributed by atoms with Crippen LogP contribution in [-0.4, -0.2) is 60.7 Å². The van der Waals surface area contributed by atoms with Gasteiger partial charge in [-0.05, 0) is 38.8 Å². The molecule has 1 amide bonds. The van der Waals surface area contributed by atoms with E-state index in [1.54, 1.807) is 18.2 Å². The van der Waals surface area contributed by atoms with Crippen molar-refractivity contribution in [2.24, 2.45) is 5.92 Å². The largest absolute Gasteiger partial charge is 0.493 e. The molecule has 11 heteroatoms. The van der Waals surface area contributed by atoms with E-state index >= 15 is 0 Å². The van der Waals surface area contributed by atoms with Crippen LogP contribution in [0.25, 0.3) is 0 Å². The van der Waals surface area contributed by atoms with E-state index in [1.807, 2.05) is 13.8 Å². The molecule has 0 aromatic heterocycles. The highest BCUT2D eigenvalue weighted by Crippen LogP contribution is 2.30. The van der Waals surface area contributed by atoms with Crippen LogP contribution in [0.4, 0.5) is 0 Å². The van der Waals surface area contributed by atoms with Gasteiger partial charge < -0.3 is 30.1 Å². The number of nitrogens with one attached hydrogen (secondary N) is 2. The van der Waals surface area contributed by atoms with Gasteiger partial charge in [0.2, 0.25) is 5.91 Å². The Bertz CT molecular complexity index is 793. The number of hydrogen-bond acceptors (Lipinski definition) is 8. The Kier molecular flexibility index (Phi) is 10.5. The van der Waals surface area contributed by atoms with E-state index in [4.69, 9.17) is 25.9 Å². The lowest BCUT2D eigenvalue weighted by Crippen LogP contribution is -2.48. The molecule has 1 aromatic carbocycles. The molecule has 0 saturated heterocycles. The van der Waals surface area contributed by atoms with Crippen LogP contribution < -0.4 is 20.1 Å². The molecule has 3 atom stereocenters. The number of aliphatic hydroxyl groups excluding tert-OH is 1. The van der Waals surface area contributed by atoms with Crippen LogP contribution in [0.5, 0.6) is 11.5 Å². The average molecular weight is 488 g/mol. The van der Waals surface area contributed by atoms with E-state index in [0.29, 0.717) is 29.5 Å². The zero-order valence-corrected chi connectivity index (χ0v) is 20.1. The van der Waals surface area contributed by atoms with Gasteiger partial charge in [0.05, 0.1) is 7.11 Å². The molecule has 1 fully saturated rings. The summed E-state index contributed by atoms with van der Waals surface area (Å²) in [6, 6.07) is 4.98. The Balaban J connectivity index is 1.74. The fraction of sp³-hybridized carbons (Fsp3) is 0.682.